The largest absolute Gasteiger partial charge is 0.480 e. The number of alkyl carbamates (subject to hydrolysis) is 1. The molecule has 0 aliphatic heterocycles. The molecule has 0 rings (SSSR count). The zero-order valence-electron chi connectivity index (χ0n) is 6.03. The molecule has 0 aromatic rings. The summed E-state index contributed by atoms with van der Waals surface area (Å²) in [7, 11) is 1.37. The van der Waals surface area contributed by atoms with E-state index in [1.54, 1.807) is 0 Å². The maximum Gasteiger partial charge on any atom is 0.406 e. The number of carboxylic acids is 1. The SMILES string of the molecule is CNC(=O)OCC(N)C(=O)O. The number of nitrogens with two attached hydrogens (primary N) is 1. The highest BCUT2D eigenvalue weighted by molar-refractivity contribution is 5.74. The van der Waals surface area contributed by atoms with Crippen molar-refractivity contribution in [3.63, 3.8) is 0 Å². The number of aliphatic carboxylic acids is 1. The van der Waals surface area contributed by atoms with E-state index in [0.29, 0.717) is 0 Å². The van der Waals surface area contributed by atoms with Crippen molar-refractivity contribution in [2.45, 2.75) is 6.04 Å². The van der Waals surface area contributed by atoms with Crippen LogP contribution in [0.3, 0.4) is 0 Å². The molecule has 0 aromatic heterocycles. The standard InChI is InChI=1S/C5H10N2O4/c1-7-5(10)11-2-3(6)4(8)9/h3H,2,6H2,1H3,(H,7,10)(H,8,9). The summed E-state index contributed by atoms with van der Waals surface area (Å²) in [4.78, 5) is 20.4. The molecule has 0 radical (unpaired) electrons. The Bertz CT molecular complexity index is 159. The number of ether oxygens (including phenoxy) is 1. The zero-order valence-corrected chi connectivity index (χ0v) is 6.03. The van der Waals surface area contributed by atoms with Crippen LogP contribution in [0, 0.1) is 0 Å². The third-order valence-corrected chi connectivity index (χ3v) is 0.915. The number of rotatable bonds is 3. The predicted molar refractivity (Wildman–Crippen MR) is 36.0 cm³/mol. The van der Waals surface area contributed by atoms with Crippen LogP contribution in [0.4, 0.5) is 4.79 Å². The topological polar surface area (TPSA) is 102 Å². The fourth-order valence-corrected chi connectivity index (χ4v) is 0.309. The maximum atomic E-state index is 10.4. The molecular weight excluding hydrogens is 152 g/mol. The van der Waals surface area contributed by atoms with Crippen LogP contribution in [0.25, 0.3) is 0 Å². The third kappa shape index (κ3) is 4.15. The van der Waals surface area contributed by atoms with Crippen molar-refractivity contribution < 1.29 is 19.4 Å². The molecule has 6 heteroatoms. The van der Waals surface area contributed by atoms with Crippen LogP contribution >= 0.6 is 0 Å². The first-order valence-electron chi connectivity index (χ1n) is 2.90. The fraction of sp³-hybridized carbons (Fsp3) is 0.600. The summed E-state index contributed by atoms with van der Waals surface area (Å²) in [5, 5.41) is 10.4. The van der Waals surface area contributed by atoms with E-state index >= 15 is 0 Å². The van der Waals surface area contributed by atoms with E-state index in [1.807, 2.05) is 0 Å². The average Bonchev–Trinajstić information content (AvgIpc) is 1.99. The van der Waals surface area contributed by atoms with Gasteiger partial charge in [0.2, 0.25) is 0 Å². The molecule has 1 atom stereocenters. The molecule has 0 aromatic carbocycles. The fourth-order valence-electron chi connectivity index (χ4n) is 0.309. The van der Waals surface area contributed by atoms with Crippen LogP contribution in [0.1, 0.15) is 0 Å². The summed E-state index contributed by atoms with van der Waals surface area (Å²) >= 11 is 0. The van der Waals surface area contributed by atoms with Gasteiger partial charge in [0.15, 0.2) is 0 Å². The molecule has 4 N–H and O–H groups in total. The number of hydrogen-bond acceptors (Lipinski definition) is 4. The number of amides is 1. The Labute approximate surface area is 63.3 Å². The van der Waals surface area contributed by atoms with Crippen LogP contribution in [0.15, 0.2) is 0 Å². The van der Waals surface area contributed by atoms with Gasteiger partial charge in [-0.2, -0.15) is 0 Å². The van der Waals surface area contributed by atoms with Crippen molar-refractivity contribution in [2.75, 3.05) is 13.7 Å². The number of hydrogen-bond donors (Lipinski definition) is 3. The lowest BCUT2D eigenvalue weighted by Gasteiger charge is -2.06. The highest BCUT2D eigenvalue weighted by Gasteiger charge is 2.12. The van der Waals surface area contributed by atoms with Gasteiger partial charge in [0.1, 0.15) is 12.6 Å². The van der Waals surface area contributed by atoms with Gasteiger partial charge in [-0.1, -0.05) is 0 Å². The second-order valence-corrected chi connectivity index (χ2v) is 1.79. The van der Waals surface area contributed by atoms with E-state index in [4.69, 9.17) is 10.8 Å². The summed E-state index contributed by atoms with van der Waals surface area (Å²) in [5.41, 5.74) is 5.01. The summed E-state index contributed by atoms with van der Waals surface area (Å²) in [6.45, 7) is -0.324. The van der Waals surface area contributed by atoms with Gasteiger partial charge in [-0.3, -0.25) is 4.79 Å². The first kappa shape index (κ1) is 9.70. The molecule has 0 fully saturated rings. The lowest BCUT2D eigenvalue weighted by molar-refractivity contribution is -0.139. The quantitative estimate of drug-likeness (QED) is 0.481. The molecule has 0 aliphatic carbocycles. The Morgan fingerprint density at radius 2 is 2.27 bits per heavy atom. The van der Waals surface area contributed by atoms with Crippen molar-refractivity contribution in [1.29, 1.82) is 0 Å². The summed E-state index contributed by atoms with van der Waals surface area (Å²) in [6, 6.07) is -1.16. The van der Waals surface area contributed by atoms with Gasteiger partial charge in [0, 0.05) is 7.05 Å². The molecule has 0 aliphatic rings. The first-order valence-corrected chi connectivity index (χ1v) is 2.90. The first-order chi connectivity index (χ1) is 5.07. The van der Waals surface area contributed by atoms with Crippen molar-refractivity contribution in [3.8, 4) is 0 Å². The van der Waals surface area contributed by atoms with Crippen LogP contribution < -0.4 is 11.1 Å². The molecule has 0 heterocycles. The van der Waals surface area contributed by atoms with Gasteiger partial charge >= 0.3 is 12.1 Å². The van der Waals surface area contributed by atoms with E-state index in [1.165, 1.54) is 7.05 Å². The lowest BCUT2D eigenvalue weighted by atomic mass is 10.3. The minimum Gasteiger partial charge on any atom is -0.480 e. The molecule has 11 heavy (non-hydrogen) atoms. The highest BCUT2D eigenvalue weighted by Crippen LogP contribution is 1.82. The predicted octanol–water partition coefficient (Wildman–Crippen LogP) is -1.25. The number of carboxylic acid groups (broad SMARTS) is 1. The summed E-state index contributed by atoms with van der Waals surface area (Å²) < 4.78 is 4.36. The Balaban J connectivity index is 3.54. The highest BCUT2D eigenvalue weighted by atomic mass is 16.5. The zero-order chi connectivity index (χ0) is 8.85. The van der Waals surface area contributed by atoms with E-state index in [2.05, 4.69) is 10.1 Å². The van der Waals surface area contributed by atoms with E-state index in [0.717, 1.165) is 0 Å². The van der Waals surface area contributed by atoms with Crippen molar-refractivity contribution in [2.24, 2.45) is 5.73 Å². The number of carbonyl (C=O) groups is 2. The summed E-state index contributed by atoms with van der Waals surface area (Å²) in [5.74, 6) is -1.20. The molecule has 64 valence electrons. The number of carbonyl (C=O) groups excluding carboxylic acids is 1. The van der Waals surface area contributed by atoms with E-state index in [9.17, 15) is 9.59 Å². The molecular formula is C5H10N2O4. The molecule has 0 saturated heterocycles. The van der Waals surface area contributed by atoms with Crippen LogP contribution in [-0.2, 0) is 9.53 Å². The lowest BCUT2D eigenvalue weighted by Crippen LogP contribution is -2.37. The second kappa shape index (κ2) is 4.51. The Hall–Kier alpha value is -1.30. The molecule has 0 bridgehead atoms. The van der Waals surface area contributed by atoms with Crippen molar-refractivity contribution in [1.82, 2.24) is 5.32 Å². The van der Waals surface area contributed by atoms with Crippen molar-refractivity contribution in [3.05, 3.63) is 0 Å². The molecule has 1 amide bonds. The van der Waals surface area contributed by atoms with Gasteiger partial charge in [-0.15, -0.1) is 0 Å². The minimum absolute atomic E-state index is 0.324. The second-order valence-electron chi connectivity index (χ2n) is 1.79. The van der Waals surface area contributed by atoms with Crippen LogP contribution in [0.5, 0.6) is 0 Å². The Morgan fingerprint density at radius 1 is 1.73 bits per heavy atom. The maximum absolute atomic E-state index is 10.4. The van der Waals surface area contributed by atoms with Crippen LogP contribution in [0.2, 0.25) is 0 Å². The minimum atomic E-state index is -1.20. The molecule has 0 saturated carbocycles. The van der Waals surface area contributed by atoms with Gasteiger partial charge in [-0.05, 0) is 0 Å². The average molecular weight is 162 g/mol. The normalized spacial score (nSPS) is 11.8. The van der Waals surface area contributed by atoms with Crippen molar-refractivity contribution >= 4 is 12.1 Å². The van der Waals surface area contributed by atoms with E-state index < -0.39 is 18.1 Å². The Morgan fingerprint density at radius 3 is 2.64 bits per heavy atom. The molecule has 0 spiro atoms. The van der Waals surface area contributed by atoms with Crippen LogP contribution in [-0.4, -0.2) is 36.9 Å². The Kier molecular flexibility index (Phi) is 3.97. The van der Waals surface area contributed by atoms with E-state index in [-0.39, 0.29) is 6.61 Å². The third-order valence-electron chi connectivity index (χ3n) is 0.915. The van der Waals surface area contributed by atoms with Gasteiger partial charge in [-0.25, -0.2) is 4.79 Å². The molecule has 6 nitrogen and oxygen atoms in total. The van der Waals surface area contributed by atoms with Gasteiger partial charge in [0.25, 0.3) is 0 Å². The van der Waals surface area contributed by atoms with Gasteiger partial charge < -0.3 is 20.9 Å². The van der Waals surface area contributed by atoms with Gasteiger partial charge in [0.05, 0.1) is 0 Å². The summed E-state index contributed by atoms with van der Waals surface area (Å²) in [6.07, 6.45) is -0.693. The molecule has 1 unspecified atom stereocenters. The smallest absolute Gasteiger partial charge is 0.406 e. The monoisotopic (exact) mass is 162 g/mol. The number of nitrogens with one attached hydrogen (secondary N) is 1.